The molecule has 0 spiro atoms. The molecule has 2 aromatic rings. The second-order valence-corrected chi connectivity index (χ2v) is 4.18. The highest BCUT2D eigenvalue weighted by Gasteiger charge is 1.96. The molecule has 0 amide bonds. The molecule has 0 fully saturated rings. The summed E-state index contributed by atoms with van der Waals surface area (Å²) in [6.45, 7) is 2.66. The van der Waals surface area contributed by atoms with Gasteiger partial charge < -0.3 is 5.73 Å². The molecule has 0 radical (unpaired) electrons. The minimum Gasteiger partial charge on any atom is -0.327 e. The molecule has 0 bridgehead atoms. The Hall–Kier alpha value is -1.86. The minimum atomic E-state index is 0.612. The molecule has 0 aliphatic carbocycles. The standard InChI is InChI=1S/C16H17N/c1-13(12-17)11-14-7-9-16(10-8-14)15-5-3-2-4-6-15/h2-11H,12,17H2,1H3. The molecule has 0 saturated heterocycles. The van der Waals surface area contributed by atoms with Crippen LogP contribution >= 0.6 is 0 Å². The van der Waals surface area contributed by atoms with Gasteiger partial charge in [-0.2, -0.15) is 0 Å². The van der Waals surface area contributed by atoms with E-state index in [0.29, 0.717) is 6.54 Å². The topological polar surface area (TPSA) is 26.0 Å². The summed E-state index contributed by atoms with van der Waals surface area (Å²) in [5, 5.41) is 0. The van der Waals surface area contributed by atoms with Crippen LogP contribution in [-0.2, 0) is 0 Å². The molecule has 0 unspecified atom stereocenters. The number of nitrogens with two attached hydrogens (primary N) is 1. The van der Waals surface area contributed by atoms with Gasteiger partial charge in [0.15, 0.2) is 0 Å². The highest BCUT2D eigenvalue weighted by atomic mass is 14.5. The van der Waals surface area contributed by atoms with Crippen LogP contribution in [0.15, 0.2) is 60.2 Å². The quantitative estimate of drug-likeness (QED) is 0.843. The second kappa shape index (κ2) is 5.46. The molecule has 2 N–H and O–H groups in total. The van der Waals surface area contributed by atoms with Crippen LogP contribution in [0, 0.1) is 0 Å². The fraction of sp³-hybridized carbons (Fsp3) is 0.125. The van der Waals surface area contributed by atoms with E-state index in [1.54, 1.807) is 0 Å². The third-order valence-electron chi connectivity index (χ3n) is 2.75. The number of rotatable bonds is 3. The SMILES string of the molecule is CC(=Cc1ccc(-c2ccccc2)cc1)CN. The summed E-state index contributed by atoms with van der Waals surface area (Å²) in [5.41, 5.74) is 10.5. The highest BCUT2D eigenvalue weighted by molar-refractivity contribution is 5.65. The van der Waals surface area contributed by atoms with Crippen molar-refractivity contribution in [2.75, 3.05) is 6.54 Å². The Bertz CT molecular complexity index is 495. The zero-order valence-corrected chi connectivity index (χ0v) is 10.1. The first kappa shape index (κ1) is 11.6. The summed E-state index contributed by atoms with van der Waals surface area (Å²) in [6.07, 6.45) is 2.12. The molecule has 17 heavy (non-hydrogen) atoms. The number of hydrogen-bond acceptors (Lipinski definition) is 1. The molecule has 0 heterocycles. The number of hydrogen-bond donors (Lipinski definition) is 1. The summed E-state index contributed by atoms with van der Waals surface area (Å²) >= 11 is 0. The Balaban J connectivity index is 2.25. The van der Waals surface area contributed by atoms with Gasteiger partial charge in [0.05, 0.1) is 0 Å². The number of benzene rings is 2. The van der Waals surface area contributed by atoms with E-state index in [0.717, 1.165) is 0 Å². The first-order chi connectivity index (χ1) is 8.29. The maximum atomic E-state index is 5.57. The third kappa shape index (κ3) is 3.05. The largest absolute Gasteiger partial charge is 0.327 e. The van der Waals surface area contributed by atoms with Crippen LogP contribution in [-0.4, -0.2) is 6.54 Å². The normalized spacial score (nSPS) is 11.5. The first-order valence-corrected chi connectivity index (χ1v) is 5.82. The molecule has 2 aromatic carbocycles. The Kier molecular flexibility index (Phi) is 3.73. The lowest BCUT2D eigenvalue weighted by atomic mass is 10.0. The first-order valence-electron chi connectivity index (χ1n) is 5.82. The Labute approximate surface area is 103 Å². The molecule has 86 valence electrons. The van der Waals surface area contributed by atoms with Gasteiger partial charge in [0, 0.05) is 6.54 Å². The molecule has 1 nitrogen and oxygen atoms in total. The van der Waals surface area contributed by atoms with Crippen LogP contribution < -0.4 is 5.73 Å². The second-order valence-electron chi connectivity index (χ2n) is 4.18. The Morgan fingerprint density at radius 2 is 1.53 bits per heavy atom. The van der Waals surface area contributed by atoms with Crippen LogP contribution in [0.4, 0.5) is 0 Å². The van der Waals surface area contributed by atoms with Crippen LogP contribution in [0.1, 0.15) is 12.5 Å². The van der Waals surface area contributed by atoms with Crippen molar-refractivity contribution in [3.05, 3.63) is 65.7 Å². The van der Waals surface area contributed by atoms with Crippen molar-refractivity contribution < 1.29 is 0 Å². The van der Waals surface area contributed by atoms with E-state index in [9.17, 15) is 0 Å². The lowest BCUT2D eigenvalue weighted by Crippen LogP contribution is -1.99. The van der Waals surface area contributed by atoms with Crippen LogP contribution in [0.5, 0.6) is 0 Å². The van der Waals surface area contributed by atoms with E-state index in [2.05, 4.69) is 54.6 Å². The molecule has 2 rings (SSSR count). The van der Waals surface area contributed by atoms with E-state index >= 15 is 0 Å². The molecule has 0 aliphatic rings. The van der Waals surface area contributed by atoms with Gasteiger partial charge >= 0.3 is 0 Å². The molecule has 0 aromatic heterocycles. The molecule has 0 atom stereocenters. The summed E-state index contributed by atoms with van der Waals surface area (Å²) < 4.78 is 0. The van der Waals surface area contributed by atoms with Crippen LogP contribution in [0.3, 0.4) is 0 Å². The van der Waals surface area contributed by atoms with E-state index in [-0.39, 0.29) is 0 Å². The third-order valence-corrected chi connectivity index (χ3v) is 2.75. The predicted molar refractivity (Wildman–Crippen MR) is 74.6 cm³/mol. The van der Waals surface area contributed by atoms with Gasteiger partial charge in [0.25, 0.3) is 0 Å². The molecular formula is C16H17N. The van der Waals surface area contributed by atoms with Crippen molar-refractivity contribution in [2.24, 2.45) is 5.73 Å². The van der Waals surface area contributed by atoms with Gasteiger partial charge in [-0.15, -0.1) is 0 Å². The van der Waals surface area contributed by atoms with Crippen molar-refractivity contribution in [1.82, 2.24) is 0 Å². The zero-order chi connectivity index (χ0) is 12.1. The molecule has 0 aliphatic heterocycles. The van der Waals surface area contributed by atoms with Crippen LogP contribution in [0.25, 0.3) is 17.2 Å². The Morgan fingerprint density at radius 3 is 2.12 bits per heavy atom. The van der Waals surface area contributed by atoms with Gasteiger partial charge in [0.2, 0.25) is 0 Å². The van der Waals surface area contributed by atoms with Crippen molar-refractivity contribution in [1.29, 1.82) is 0 Å². The smallest absolute Gasteiger partial charge is 0.0137 e. The molecule has 0 saturated carbocycles. The fourth-order valence-corrected chi connectivity index (χ4v) is 1.75. The molecular weight excluding hydrogens is 206 g/mol. The van der Waals surface area contributed by atoms with E-state index in [1.807, 2.05) is 13.0 Å². The maximum Gasteiger partial charge on any atom is 0.0137 e. The fourth-order valence-electron chi connectivity index (χ4n) is 1.75. The average Bonchev–Trinajstić information content (AvgIpc) is 2.40. The van der Waals surface area contributed by atoms with Gasteiger partial charge in [-0.25, -0.2) is 0 Å². The average molecular weight is 223 g/mol. The van der Waals surface area contributed by atoms with E-state index in [4.69, 9.17) is 5.73 Å². The van der Waals surface area contributed by atoms with Gasteiger partial charge in [-0.3, -0.25) is 0 Å². The summed E-state index contributed by atoms with van der Waals surface area (Å²) in [7, 11) is 0. The van der Waals surface area contributed by atoms with Crippen molar-refractivity contribution in [3.63, 3.8) is 0 Å². The zero-order valence-electron chi connectivity index (χ0n) is 10.1. The van der Waals surface area contributed by atoms with Crippen molar-refractivity contribution in [2.45, 2.75) is 6.92 Å². The molecule has 1 heteroatoms. The Morgan fingerprint density at radius 1 is 0.941 bits per heavy atom. The minimum absolute atomic E-state index is 0.612. The van der Waals surface area contributed by atoms with Crippen LogP contribution in [0.2, 0.25) is 0 Å². The summed E-state index contributed by atoms with van der Waals surface area (Å²) in [5.74, 6) is 0. The van der Waals surface area contributed by atoms with Gasteiger partial charge in [0.1, 0.15) is 0 Å². The van der Waals surface area contributed by atoms with Crippen molar-refractivity contribution >= 4 is 6.08 Å². The van der Waals surface area contributed by atoms with Crippen molar-refractivity contribution in [3.8, 4) is 11.1 Å². The highest BCUT2D eigenvalue weighted by Crippen LogP contribution is 2.19. The van der Waals surface area contributed by atoms with E-state index < -0.39 is 0 Å². The van der Waals surface area contributed by atoms with Gasteiger partial charge in [-0.1, -0.05) is 66.2 Å². The summed E-state index contributed by atoms with van der Waals surface area (Å²) in [6, 6.07) is 18.9. The van der Waals surface area contributed by atoms with Gasteiger partial charge in [-0.05, 0) is 23.6 Å². The maximum absolute atomic E-state index is 5.57. The monoisotopic (exact) mass is 223 g/mol. The van der Waals surface area contributed by atoms with E-state index in [1.165, 1.54) is 22.3 Å². The summed E-state index contributed by atoms with van der Waals surface area (Å²) in [4.78, 5) is 0. The lowest BCUT2D eigenvalue weighted by molar-refractivity contribution is 1.15. The lowest BCUT2D eigenvalue weighted by Gasteiger charge is -2.02. The predicted octanol–water partition coefficient (Wildman–Crippen LogP) is 3.72.